The van der Waals surface area contributed by atoms with E-state index < -0.39 is 11.1 Å². The van der Waals surface area contributed by atoms with Crippen LogP contribution in [0.15, 0.2) is 52.5 Å². The summed E-state index contributed by atoms with van der Waals surface area (Å²) in [5, 5.41) is 0. The van der Waals surface area contributed by atoms with Gasteiger partial charge in [-0.3, -0.25) is 4.18 Å². The maximum absolute atomic E-state index is 11.9. The van der Waals surface area contributed by atoms with Gasteiger partial charge in [0.1, 0.15) is 6.61 Å². The van der Waals surface area contributed by atoms with Gasteiger partial charge in [0, 0.05) is 0 Å². The molecule has 1 aromatic carbocycles. The Bertz CT molecular complexity index is 609. The zero-order chi connectivity index (χ0) is 16.4. The van der Waals surface area contributed by atoms with E-state index in [1.165, 1.54) is 11.1 Å². The van der Waals surface area contributed by atoms with Crippen LogP contribution >= 0.6 is 0 Å². The van der Waals surface area contributed by atoms with Crippen molar-refractivity contribution in [3.05, 3.63) is 53.1 Å². The first-order valence-electron chi connectivity index (χ1n) is 7.38. The Morgan fingerprint density at radius 1 is 1.23 bits per heavy atom. The molecule has 0 aromatic heterocycles. The molecule has 0 spiro atoms. The van der Waals surface area contributed by atoms with Crippen LogP contribution in [0.5, 0.6) is 0 Å². The van der Waals surface area contributed by atoms with Gasteiger partial charge in [0.15, 0.2) is 11.1 Å². The highest BCUT2D eigenvalue weighted by Gasteiger charge is 2.02. The molecule has 2 nitrogen and oxygen atoms in total. The molecule has 0 aliphatic rings. The molecular weight excluding hydrogens is 292 g/mol. The predicted octanol–water partition coefficient (Wildman–Crippen LogP) is 4.73. The minimum Gasteiger partial charge on any atom is -0.274 e. The molecular formula is C19H24O2S. The summed E-state index contributed by atoms with van der Waals surface area (Å²) in [7, 11) is 0. The smallest absolute Gasteiger partial charge is 0.190 e. The van der Waals surface area contributed by atoms with Crippen LogP contribution in [-0.4, -0.2) is 10.8 Å². The lowest BCUT2D eigenvalue weighted by atomic mass is 10.1. The minimum atomic E-state index is -1.45. The maximum Gasteiger partial charge on any atom is 0.190 e. The zero-order valence-electron chi connectivity index (χ0n) is 13.8. The highest BCUT2D eigenvalue weighted by atomic mass is 32.2. The van der Waals surface area contributed by atoms with E-state index >= 15 is 0 Å². The average molecular weight is 316 g/mol. The number of rotatable bonds is 6. The average Bonchev–Trinajstić information content (AvgIpc) is 2.47. The van der Waals surface area contributed by atoms with Crippen LogP contribution in [0.1, 0.15) is 39.2 Å². The number of benzene rings is 1. The van der Waals surface area contributed by atoms with Gasteiger partial charge in [-0.05, 0) is 58.7 Å². The number of hydrogen-bond acceptors (Lipinski definition) is 2. The highest BCUT2D eigenvalue weighted by molar-refractivity contribution is 7.80. The summed E-state index contributed by atoms with van der Waals surface area (Å²) in [6.45, 7) is 8.43. The maximum atomic E-state index is 11.9. The molecule has 1 atom stereocenters. The number of allylic oxidation sites excluding steroid dienone is 4. The van der Waals surface area contributed by atoms with E-state index in [1.807, 2.05) is 37.3 Å². The van der Waals surface area contributed by atoms with Crippen LogP contribution in [0.4, 0.5) is 0 Å². The summed E-state index contributed by atoms with van der Waals surface area (Å²) < 4.78 is 17.1. The van der Waals surface area contributed by atoms with Crippen molar-refractivity contribution >= 4 is 11.1 Å². The second-order valence-electron chi connectivity index (χ2n) is 5.44. The highest BCUT2D eigenvalue weighted by Crippen LogP contribution is 2.09. The molecule has 0 aliphatic carbocycles. The Hall–Kier alpha value is -1.63. The standard InChI is InChI=1S/C19H24O2S/c1-16(2)8-7-10-17(3)9-5-6-15-21-22(20)19-13-11-18(4)12-14-19/h8-9,11-14H,7,10,15H2,1-4H3/b17-9+/t22-/m0/s1. The lowest BCUT2D eigenvalue weighted by Crippen LogP contribution is -1.98. The molecule has 118 valence electrons. The third-order valence-electron chi connectivity index (χ3n) is 2.96. The Balaban J connectivity index is 2.36. The molecule has 0 radical (unpaired) electrons. The van der Waals surface area contributed by atoms with Gasteiger partial charge in [0.25, 0.3) is 0 Å². The van der Waals surface area contributed by atoms with Crippen LogP contribution < -0.4 is 0 Å². The molecule has 0 saturated heterocycles. The quantitative estimate of drug-likeness (QED) is 0.560. The molecule has 0 amide bonds. The molecule has 3 heteroatoms. The fraction of sp³-hybridized carbons (Fsp3) is 0.368. The van der Waals surface area contributed by atoms with Crippen LogP contribution in [0.3, 0.4) is 0 Å². The van der Waals surface area contributed by atoms with Crippen molar-refractivity contribution in [2.75, 3.05) is 6.61 Å². The van der Waals surface area contributed by atoms with Crippen LogP contribution in [0.25, 0.3) is 0 Å². The monoisotopic (exact) mass is 316 g/mol. The van der Waals surface area contributed by atoms with Gasteiger partial charge >= 0.3 is 0 Å². The van der Waals surface area contributed by atoms with Crippen molar-refractivity contribution in [2.45, 2.75) is 45.4 Å². The van der Waals surface area contributed by atoms with E-state index in [1.54, 1.807) is 0 Å². The van der Waals surface area contributed by atoms with E-state index in [9.17, 15) is 4.21 Å². The second-order valence-corrected chi connectivity index (χ2v) is 6.62. The van der Waals surface area contributed by atoms with Crippen molar-refractivity contribution in [3.63, 3.8) is 0 Å². The van der Waals surface area contributed by atoms with Gasteiger partial charge < -0.3 is 0 Å². The Labute approximate surface area is 136 Å². The molecule has 0 heterocycles. The van der Waals surface area contributed by atoms with Crippen LogP contribution in [0, 0.1) is 18.8 Å². The van der Waals surface area contributed by atoms with Gasteiger partial charge in [-0.15, -0.1) is 0 Å². The predicted molar refractivity (Wildman–Crippen MR) is 93.7 cm³/mol. The van der Waals surface area contributed by atoms with E-state index in [-0.39, 0.29) is 6.61 Å². The molecule has 0 fully saturated rings. The molecule has 0 bridgehead atoms. The van der Waals surface area contributed by atoms with E-state index in [2.05, 4.69) is 38.7 Å². The van der Waals surface area contributed by atoms with Gasteiger partial charge in [-0.25, -0.2) is 4.21 Å². The first kappa shape index (κ1) is 18.4. The largest absolute Gasteiger partial charge is 0.274 e. The third kappa shape index (κ3) is 7.97. The van der Waals surface area contributed by atoms with E-state index in [4.69, 9.17) is 4.18 Å². The summed E-state index contributed by atoms with van der Waals surface area (Å²) in [6, 6.07) is 7.46. The number of aryl methyl sites for hydroxylation is 1. The van der Waals surface area contributed by atoms with Gasteiger partial charge in [-0.1, -0.05) is 46.8 Å². The SMILES string of the molecule is CC(C)=CCC/C(C)=C/C#CCO[S@](=O)c1ccc(C)cc1. The van der Waals surface area contributed by atoms with Gasteiger partial charge in [0.05, 0.1) is 4.90 Å². The van der Waals surface area contributed by atoms with Crippen LogP contribution in [-0.2, 0) is 15.3 Å². The third-order valence-corrected chi connectivity index (χ3v) is 3.95. The normalized spacial score (nSPS) is 12.3. The minimum absolute atomic E-state index is 0.165. The fourth-order valence-corrected chi connectivity index (χ4v) is 2.34. The van der Waals surface area contributed by atoms with Crippen LogP contribution in [0.2, 0.25) is 0 Å². The van der Waals surface area contributed by atoms with Gasteiger partial charge in [0.2, 0.25) is 0 Å². The van der Waals surface area contributed by atoms with Crippen molar-refractivity contribution in [2.24, 2.45) is 0 Å². The first-order valence-corrected chi connectivity index (χ1v) is 8.45. The summed E-state index contributed by atoms with van der Waals surface area (Å²) in [5.74, 6) is 5.82. The lowest BCUT2D eigenvalue weighted by molar-refractivity contribution is 0.402. The first-order chi connectivity index (χ1) is 10.5. The van der Waals surface area contributed by atoms with Crippen molar-refractivity contribution in [1.29, 1.82) is 0 Å². The summed E-state index contributed by atoms with van der Waals surface area (Å²) in [5.41, 5.74) is 3.71. The summed E-state index contributed by atoms with van der Waals surface area (Å²) >= 11 is -1.45. The molecule has 22 heavy (non-hydrogen) atoms. The molecule has 0 saturated carbocycles. The second kappa shape index (κ2) is 10.2. The molecule has 1 aromatic rings. The molecule has 0 aliphatic heterocycles. The topological polar surface area (TPSA) is 26.3 Å². The van der Waals surface area contributed by atoms with E-state index in [0.717, 1.165) is 18.4 Å². The zero-order valence-corrected chi connectivity index (χ0v) is 14.6. The Morgan fingerprint density at radius 2 is 1.91 bits per heavy atom. The molecule has 0 N–H and O–H groups in total. The van der Waals surface area contributed by atoms with E-state index in [0.29, 0.717) is 4.90 Å². The molecule has 0 unspecified atom stereocenters. The Kier molecular flexibility index (Phi) is 8.50. The van der Waals surface area contributed by atoms with Gasteiger partial charge in [-0.2, -0.15) is 0 Å². The lowest BCUT2D eigenvalue weighted by Gasteiger charge is -2.00. The van der Waals surface area contributed by atoms with Crippen molar-refractivity contribution in [3.8, 4) is 11.8 Å². The summed E-state index contributed by atoms with van der Waals surface area (Å²) in [6.07, 6.45) is 6.17. The molecule has 1 rings (SSSR count). The van der Waals surface area contributed by atoms with Crippen molar-refractivity contribution < 1.29 is 8.39 Å². The number of hydrogen-bond donors (Lipinski definition) is 0. The van der Waals surface area contributed by atoms with Crippen molar-refractivity contribution in [1.82, 2.24) is 0 Å². The Morgan fingerprint density at radius 3 is 2.55 bits per heavy atom. The fourth-order valence-electron chi connectivity index (χ4n) is 1.68. The summed E-state index contributed by atoms with van der Waals surface area (Å²) in [4.78, 5) is 0.667.